The quantitative estimate of drug-likeness (QED) is 0.142. The second-order valence-corrected chi connectivity index (χ2v) is 7.62. The molecule has 1 aliphatic rings. The standard InChI is InChI=1S/C9H8BrNO4.C8H6O4.C8H4O3/c1-15-9(12)6-3-2-4-8(11(13)14)7(6)5-10;9-7(10)5-3-1-2-4-6(5)8(11)12;9-7-5-3-1-2-4-6(5)8(10)11-7/h2-4H,5H2,1H3;1-4H,(H,9,10)(H,11,12);1-4H. The molecule has 1 heterocycles. The third kappa shape index (κ3) is 7.07. The Hall–Kier alpha value is -4.91. The van der Waals surface area contributed by atoms with Gasteiger partial charge < -0.3 is 19.7 Å². The molecule has 0 saturated carbocycles. The lowest BCUT2D eigenvalue weighted by atomic mass is 10.1. The van der Waals surface area contributed by atoms with Crippen LogP contribution in [0.1, 0.15) is 57.4 Å². The molecule has 0 spiro atoms. The van der Waals surface area contributed by atoms with Crippen LogP contribution in [0, 0.1) is 10.1 Å². The Labute approximate surface area is 222 Å². The van der Waals surface area contributed by atoms with Crippen molar-refractivity contribution in [2.45, 2.75) is 5.33 Å². The van der Waals surface area contributed by atoms with E-state index in [1.807, 2.05) is 0 Å². The second-order valence-electron chi connectivity index (χ2n) is 7.06. The number of aromatic carboxylic acids is 2. The molecule has 0 atom stereocenters. The number of nitrogens with zero attached hydrogens (tertiary/aromatic N) is 1. The highest BCUT2D eigenvalue weighted by atomic mass is 79.9. The molecular formula is C25H18BrNO11. The number of carboxylic acid groups (broad SMARTS) is 2. The van der Waals surface area contributed by atoms with E-state index < -0.39 is 34.8 Å². The van der Waals surface area contributed by atoms with Gasteiger partial charge in [-0.15, -0.1) is 0 Å². The van der Waals surface area contributed by atoms with Crippen molar-refractivity contribution in [3.63, 3.8) is 0 Å². The number of hydrogen-bond acceptors (Lipinski definition) is 9. The molecule has 0 fully saturated rings. The molecule has 0 amide bonds. The van der Waals surface area contributed by atoms with Crippen molar-refractivity contribution in [3.05, 3.63) is 110 Å². The fraction of sp³-hybridized carbons (Fsp3) is 0.0800. The number of fused-ring (bicyclic) bond motifs is 1. The third-order valence-electron chi connectivity index (χ3n) is 4.83. The summed E-state index contributed by atoms with van der Waals surface area (Å²) in [5.41, 5.74) is 0.790. The van der Waals surface area contributed by atoms with E-state index in [4.69, 9.17) is 10.2 Å². The van der Waals surface area contributed by atoms with Gasteiger partial charge in [0.15, 0.2) is 0 Å². The molecule has 1 aliphatic heterocycles. The topological polar surface area (TPSA) is 187 Å². The third-order valence-corrected chi connectivity index (χ3v) is 5.39. The second kappa shape index (κ2) is 13.4. The van der Waals surface area contributed by atoms with Gasteiger partial charge in [-0.2, -0.15) is 0 Å². The number of hydrogen-bond donors (Lipinski definition) is 2. The van der Waals surface area contributed by atoms with E-state index in [1.54, 1.807) is 24.3 Å². The van der Waals surface area contributed by atoms with Crippen molar-refractivity contribution < 1.29 is 48.6 Å². The highest BCUT2D eigenvalue weighted by molar-refractivity contribution is 9.08. The number of nitro groups is 1. The van der Waals surface area contributed by atoms with Crippen molar-refractivity contribution in [2.24, 2.45) is 0 Å². The van der Waals surface area contributed by atoms with Gasteiger partial charge in [-0.1, -0.05) is 46.3 Å². The number of carboxylic acids is 2. The molecule has 2 N–H and O–H groups in total. The fourth-order valence-electron chi connectivity index (χ4n) is 3.08. The minimum Gasteiger partial charge on any atom is -0.478 e. The van der Waals surface area contributed by atoms with Crippen LogP contribution < -0.4 is 0 Å². The van der Waals surface area contributed by atoms with E-state index >= 15 is 0 Å². The number of ether oxygens (including phenoxy) is 2. The molecule has 0 radical (unpaired) electrons. The zero-order valence-corrected chi connectivity index (χ0v) is 21.0. The van der Waals surface area contributed by atoms with Crippen molar-refractivity contribution in [1.29, 1.82) is 0 Å². The number of alkyl halides is 1. The zero-order chi connectivity index (χ0) is 28.4. The maximum absolute atomic E-state index is 11.3. The summed E-state index contributed by atoms with van der Waals surface area (Å²) in [5, 5.41) is 28.0. The Kier molecular flexibility index (Phi) is 10.3. The summed E-state index contributed by atoms with van der Waals surface area (Å²) >= 11 is 3.11. The monoisotopic (exact) mass is 587 g/mol. The summed E-state index contributed by atoms with van der Waals surface area (Å²) in [5.74, 6) is -4.13. The molecule has 4 rings (SSSR count). The highest BCUT2D eigenvalue weighted by Gasteiger charge is 2.28. The number of methoxy groups -OCH3 is 1. The Morgan fingerprint density at radius 3 is 1.68 bits per heavy atom. The number of cyclic esters (lactones) is 2. The summed E-state index contributed by atoms with van der Waals surface area (Å²) in [6, 6.07) is 16.3. The van der Waals surface area contributed by atoms with Gasteiger partial charge >= 0.3 is 29.8 Å². The summed E-state index contributed by atoms with van der Waals surface area (Å²) in [7, 11) is 1.24. The molecule has 0 aromatic heterocycles. The van der Waals surface area contributed by atoms with Gasteiger partial charge in [0.25, 0.3) is 5.69 Å². The molecule has 0 aliphatic carbocycles. The van der Waals surface area contributed by atoms with Gasteiger partial charge in [-0.25, -0.2) is 24.0 Å². The van der Waals surface area contributed by atoms with Gasteiger partial charge in [0.05, 0.1) is 45.4 Å². The maximum atomic E-state index is 11.3. The molecule has 12 nitrogen and oxygen atoms in total. The van der Waals surface area contributed by atoms with Crippen molar-refractivity contribution >= 4 is 51.5 Å². The summed E-state index contributed by atoms with van der Waals surface area (Å²) < 4.78 is 8.88. The van der Waals surface area contributed by atoms with E-state index in [0.29, 0.717) is 16.7 Å². The number of nitro benzene ring substituents is 1. The van der Waals surface area contributed by atoms with Crippen LogP contribution in [0.2, 0.25) is 0 Å². The van der Waals surface area contributed by atoms with E-state index in [1.165, 1.54) is 49.6 Å². The van der Waals surface area contributed by atoms with Crippen LogP contribution in [-0.4, -0.2) is 52.1 Å². The Morgan fingerprint density at radius 2 is 1.29 bits per heavy atom. The molecule has 0 saturated heterocycles. The fourth-order valence-corrected chi connectivity index (χ4v) is 3.67. The molecule has 0 bridgehead atoms. The molecule has 196 valence electrons. The van der Waals surface area contributed by atoms with E-state index in [2.05, 4.69) is 25.4 Å². The number of carbonyl (C=O) groups is 5. The summed E-state index contributed by atoms with van der Waals surface area (Å²) in [6.45, 7) is 0. The Morgan fingerprint density at radius 1 is 0.842 bits per heavy atom. The lowest BCUT2D eigenvalue weighted by molar-refractivity contribution is -0.385. The largest absolute Gasteiger partial charge is 0.478 e. The smallest absolute Gasteiger partial charge is 0.346 e. The van der Waals surface area contributed by atoms with Crippen molar-refractivity contribution in [1.82, 2.24) is 0 Å². The summed E-state index contributed by atoms with van der Waals surface area (Å²) in [4.78, 5) is 64.0. The molecule has 13 heteroatoms. The number of carbonyl (C=O) groups excluding carboxylic acids is 3. The number of esters is 3. The first-order valence-corrected chi connectivity index (χ1v) is 11.5. The van der Waals surface area contributed by atoms with Crippen LogP contribution in [0.4, 0.5) is 5.69 Å². The minimum atomic E-state index is -1.23. The van der Waals surface area contributed by atoms with Crippen molar-refractivity contribution in [2.75, 3.05) is 7.11 Å². The van der Waals surface area contributed by atoms with Crippen LogP contribution in [0.15, 0.2) is 66.7 Å². The van der Waals surface area contributed by atoms with Crippen LogP contribution in [0.3, 0.4) is 0 Å². The van der Waals surface area contributed by atoms with Crippen LogP contribution in [0.25, 0.3) is 0 Å². The van der Waals surface area contributed by atoms with Gasteiger partial charge in [0.1, 0.15) is 0 Å². The molecule has 38 heavy (non-hydrogen) atoms. The lowest BCUT2D eigenvalue weighted by Gasteiger charge is -2.05. The average Bonchev–Trinajstić information content (AvgIpc) is 3.21. The first-order valence-electron chi connectivity index (χ1n) is 10.3. The first-order chi connectivity index (χ1) is 18.0. The van der Waals surface area contributed by atoms with Gasteiger partial charge in [0, 0.05) is 11.4 Å². The van der Waals surface area contributed by atoms with E-state index in [9.17, 15) is 34.1 Å². The normalized spacial score (nSPS) is 11.0. The molecule has 3 aromatic carbocycles. The van der Waals surface area contributed by atoms with Crippen molar-refractivity contribution in [3.8, 4) is 0 Å². The molecular weight excluding hydrogens is 570 g/mol. The van der Waals surface area contributed by atoms with Gasteiger partial charge in [0.2, 0.25) is 0 Å². The number of benzene rings is 3. The first kappa shape index (κ1) is 29.3. The van der Waals surface area contributed by atoms with Crippen LogP contribution >= 0.6 is 15.9 Å². The highest BCUT2D eigenvalue weighted by Crippen LogP contribution is 2.25. The predicted molar refractivity (Wildman–Crippen MR) is 134 cm³/mol. The zero-order valence-electron chi connectivity index (χ0n) is 19.5. The van der Waals surface area contributed by atoms with Crippen LogP contribution in [-0.2, 0) is 14.8 Å². The Bertz CT molecular complexity index is 1350. The average molecular weight is 588 g/mol. The lowest BCUT2D eigenvalue weighted by Crippen LogP contribution is -2.07. The van der Waals surface area contributed by atoms with Gasteiger partial charge in [-0.05, 0) is 30.3 Å². The molecule has 3 aromatic rings. The molecule has 0 unspecified atom stereocenters. The van der Waals surface area contributed by atoms with Crippen LogP contribution in [0.5, 0.6) is 0 Å². The maximum Gasteiger partial charge on any atom is 0.346 e. The Balaban J connectivity index is 0.000000203. The van der Waals surface area contributed by atoms with Gasteiger partial charge in [-0.3, -0.25) is 10.1 Å². The SMILES string of the molecule is COC(=O)c1cccc([N+](=O)[O-])c1CBr.O=C(O)c1ccccc1C(=O)O.O=C1OC(=O)c2ccccc21. The predicted octanol–water partition coefficient (Wildman–Crippen LogP) is 4.36. The summed E-state index contributed by atoms with van der Waals surface area (Å²) in [6.07, 6.45) is 0. The van der Waals surface area contributed by atoms with E-state index in [-0.39, 0.29) is 27.7 Å². The number of rotatable bonds is 5. The number of halogens is 1. The van der Waals surface area contributed by atoms with E-state index in [0.717, 1.165) is 0 Å². The minimum absolute atomic E-state index is 0.0882.